The van der Waals surface area contributed by atoms with Gasteiger partial charge in [0.15, 0.2) is 0 Å². The van der Waals surface area contributed by atoms with Gasteiger partial charge in [0.1, 0.15) is 11.9 Å². The molecule has 2 unspecified atom stereocenters. The first-order valence-corrected chi connectivity index (χ1v) is 6.32. The van der Waals surface area contributed by atoms with Crippen molar-refractivity contribution in [1.29, 1.82) is 0 Å². The maximum Gasteiger partial charge on any atom is 0.139 e. The van der Waals surface area contributed by atoms with Crippen LogP contribution < -0.4 is 5.32 Å². The van der Waals surface area contributed by atoms with Crippen LogP contribution in [0.25, 0.3) is 0 Å². The minimum absolute atomic E-state index is 0.103. The summed E-state index contributed by atoms with van der Waals surface area (Å²) in [4.78, 5) is 4.53. The second-order valence-electron chi connectivity index (χ2n) is 4.21. The molecule has 1 N–H and O–H groups in total. The van der Waals surface area contributed by atoms with Crippen LogP contribution >= 0.6 is 0 Å². The van der Waals surface area contributed by atoms with E-state index in [-0.39, 0.29) is 12.2 Å². The molecule has 0 aliphatic carbocycles. The van der Waals surface area contributed by atoms with Crippen LogP contribution in [0.3, 0.4) is 0 Å². The van der Waals surface area contributed by atoms with E-state index in [1.165, 1.54) is 0 Å². The van der Waals surface area contributed by atoms with Crippen molar-refractivity contribution in [1.82, 2.24) is 5.32 Å². The minimum atomic E-state index is -0.103. The molecule has 0 saturated heterocycles. The zero-order valence-electron chi connectivity index (χ0n) is 10.9. The highest BCUT2D eigenvalue weighted by molar-refractivity contribution is 5.88. The van der Waals surface area contributed by atoms with Gasteiger partial charge in [-0.3, -0.25) is 4.99 Å². The largest absolute Gasteiger partial charge is 0.378 e. The molecule has 1 aromatic rings. The van der Waals surface area contributed by atoms with Crippen molar-refractivity contribution in [2.24, 2.45) is 4.99 Å². The fourth-order valence-electron chi connectivity index (χ4n) is 2.00. The number of nitrogens with zero attached hydrogens (tertiary/aromatic N) is 1. The van der Waals surface area contributed by atoms with Crippen LogP contribution in [0.1, 0.15) is 18.6 Å². The Morgan fingerprint density at radius 2 is 2.17 bits per heavy atom. The number of hydrogen-bond donors (Lipinski definition) is 1. The quantitative estimate of drug-likeness (QED) is 0.863. The first-order chi connectivity index (χ1) is 8.85. The summed E-state index contributed by atoms with van der Waals surface area (Å²) in [6, 6.07) is 10.2. The molecule has 2 atom stereocenters. The summed E-state index contributed by atoms with van der Waals surface area (Å²) < 4.78 is 11.1. The van der Waals surface area contributed by atoms with Gasteiger partial charge in [0.25, 0.3) is 0 Å². The van der Waals surface area contributed by atoms with Gasteiger partial charge >= 0.3 is 0 Å². The first-order valence-electron chi connectivity index (χ1n) is 6.32. The standard InChI is InChI=1S/C14H20N2O2/c1-3-18-13(11-7-5-4-6-8-11)14-15-9-12(17-2)10-16-14/h4-8,12-13H,3,9-10H2,1-2H3,(H,15,16). The third-order valence-corrected chi connectivity index (χ3v) is 2.99. The smallest absolute Gasteiger partial charge is 0.139 e. The van der Waals surface area contributed by atoms with E-state index in [4.69, 9.17) is 9.47 Å². The van der Waals surface area contributed by atoms with Crippen molar-refractivity contribution in [2.75, 3.05) is 26.8 Å². The van der Waals surface area contributed by atoms with E-state index < -0.39 is 0 Å². The van der Waals surface area contributed by atoms with Crippen LogP contribution in [0.5, 0.6) is 0 Å². The molecule has 2 rings (SSSR count). The van der Waals surface area contributed by atoms with Crippen LogP contribution in [0.4, 0.5) is 0 Å². The van der Waals surface area contributed by atoms with E-state index in [9.17, 15) is 0 Å². The average Bonchev–Trinajstić information content (AvgIpc) is 2.46. The second-order valence-corrected chi connectivity index (χ2v) is 4.21. The van der Waals surface area contributed by atoms with Crippen LogP contribution in [-0.4, -0.2) is 38.7 Å². The van der Waals surface area contributed by atoms with E-state index in [2.05, 4.69) is 22.4 Å². The highest BCUT2D eigenvalue weighted by Gasteiger charge is 2.23. The lowest BCUT2D eigenvalue weighted by atomic mass is 10.1. The van der Waals surface area contributed by atoms with Gasteiger partial charge in [0.05, 0.1) is 12.6 Å². The summed E-state index contributed by atoms with van der Waals surface area (Å²) in [5, 5.41) is 3.30. The van der Waals surface area contributed by atoms with Crippen molar-refractivity contribution < 1.29 is 9.47 Å². The Kier molecular flexibility index (Phi) is 4.73. The lowest BCUT2D eigenvalue weighted by molar-refractivity contribution is 0.0918. The van der Waals surface area contributed by atoms with E-state index in [0.29, 0.717) is 13.2 Å². The van der Waals surface area contributed by atoms with E-state index >= 15 is 0 Å². The monoisotopic (exact) mass is 248 g/mol. The van der Waals surface area contributed by atoms with Crippen molar-refractivity contribution in [3.63, 3.8) is 0 Å². The van der Waals surface area contributed by atoms with Gasteiger partial charge in [-0.2, -0.15) is 0 Å². The maximum atomic E-state index is 5.80. The van der Waals surface area contributed by atoms with Gasteiger partial charge < -0.3 is 14.8 Å². The summed E-state index contributed by atoms with van der Waals surface area (Å²) >= 11 is 0. The Hall–Kier alpha value is -1.39. The molecule has 4 heteroatoms. The number of rotatable bonds is 5. The van der Waals surface area contributed by atoms with Crippen LogP contribution in [-0.2, 0) is 9.47 Å². The molecule has 0 aromatic heterocycles. The SMILES string of the molecule is CCOC(C1=NCC(OC)CN1)c1ccccc1. The average molecular weight is 248 g/mol. The summed E-state index contributed by atoms with van der Waals surface area (Å²) in [5.74, 6) is 0.899. The molecule has 0 saturated carbocycles. The molecule has 98 valence electrons. The molecule has 4 nitrogen and oxygen atoms in total. The predicted octanol–water partition coefficient (Wildman–Crippen LogP) is 1.78. The van der Waals surface area contributed by atoms with Crippen molar-refractivity contribution in [2.45, 2.75) is 19.1 Å². The molecule has 1 aromatic carbocycles. The predicted molar refractivity (Wildman–Crippen MR) is 71.9 cm³/mol. The first kappa shape index (κ1) is 13.1. The molecule has 1 aliphatic heterocycles. The van der Waals surface area contributed by atoms with Crippen molar-refractivity contribution in [3.05, 3.63) is 35.9 Å². The van der Waals surface area contributed by atoms with Gasteiger partial charge in [-0.15, -0.1) is 0 Å². The van der Waals surface area contributed by atoms with Gasteiger partial charge in [0.2, 0.25) is 0 Å². The highest BCUT2D eigenvalue weighted by Crippen LogP contribution is 2.19. The Bertz CT molecular complexity index is 392. The summed E-state index contributed by atoms with van der Waals surface area (Å²) in [6.45, 7) is 4.13. The molecule has 1 heterocycles. The molecule has 18 heavy (non-hydrogen) atoms. The van der Waals surface area contributed by atoms with E-state index in [0.717, 1.165) is 17.9 Å². The van der Waals surface area contributed by atoms with E-state index in [1.807, 2.05) is 25.1 Å². The Labute approximate surface area is 108 Å². The number of amidine groups is 1. The highest BCUT2D eigenvalue weighted by atomic mass is 16.5. The number of methoxy groups -OCH3 is 1. The minimum Gasteiger partial charge on any atom is -0.378 e. The zero-order valence-corrected chi connectivity index (χ0v) is 10.9. The number of benzene rings is 1. The Balaban J connectivity index is 2.14. The fraction of sp³-hybridized carbons (Fsp3) is 0.500. The lowest BCUT2D eigenvalue weighted by Crippen LogP contribution is -2.43. The number of hydrogen-bond acceptors (Lipinski definition) is 4. The number of aliphatic imine (C=N–C) groups is 1. The molecule has 0 spiro atoms. The van der Waals surface area contributed by atoms with Crippen LogP contribution in [0, 0.1) is 0 Å². The lowest BCUT2D eigenvalue weighted by Gasteiger charge is -2.27. The van der Waals surface area contributed by atoms with Crippen molar-refractivity contribution >= 4 is 5.84 Å². The fourth-order valence-corrected chi connectivity index (χ4v) is 2.00. The Morgan fingerprint density at radius 3 is 2.72 bits per heavy atom. The molecule has 0 fully saturated rings. The van der Waals surface area contributed by atoms with Gasteiger partial charge in [0, 0.05) is 20.3 Å². The van der Waals surface area contributed by atoms with Gasteiger partial charge in [-0.1, -0.05) is 30.3 Å². The van der Waals surface area contributed by atoms with Crippen LogP contribution in [0.15, 0.2) is 35.3 Å². The molecule has 1 aliphatic rings. The molecule has 0 bridgehead atoms. The van der Waals surface area contributed by atoms with Gasteiger partial charge in [-0.25, -0.2) is 0 Å². The third-order valence-electron chi connectivity index (χ3n) is 2.99. The molecule has 0 amide bonds. The zero-order chi connectivity index (χ0) is 12.8. The summed E-state index contributed by atoms with van der Waals surface area (Å²) in [6.07, 6.45) is 0.0563. The van der Waals surface area contributed by atoms with Crippen molar-refractivity contribution in [3.8, 4) is 0 Å². The Morgan fingerprint density at radius 1 is 1.39 bits per heavy atom. The van der Waals surface area contributed by atoms with Crippen LogP contribution in [0.2, 0.25) is 0 Å². The molecular weight excluding hydrogens is 228 g/mol. The second kappa shape index (κ2) is 6.52. The normalized spacial score (nSPS) is 21.0. The van der Waals surface area contributed by atoms with E-state index in [1.54, 1.807) is 7.11 Å². The summed E-state index contributed by atoms with van der Waals surface area (Å²) in [7, 11) is 1.71. The number of nitrogens with one attached hydrogen (secondary N) is 1. The third kappa shape index (κ3) is 3.09. The topological polar surface area (TPSA) is 42.9 Å². The van der Waals surface area contributed by atoms with Gasteiger partial charge in [-0.05, 0) is 12.5 Å². The molecule has 0 radical (unpaired) electrons. The summed E-state index contributed by atoms with van der Waals surface area (Å²) in [5.41, 5.74) is 1.13. The molecular formula is C14H20N2O2. The number of ether oxygens (including phenoxy) is 2. The maximum absolute atomic E-state index is 5.80.